The molecule has 0 aromatic heterocycles. The standard InChI is InChI=1S/C19H26N2O3.C2HF3O2/c1-23-15-7-5-13(6-8-15)10-21-11-16-9-17(18(12-21)24-16)19(22)20-14-3-2-4-14;3-2(4,5)1(6)7/h5-8,14,16-18H,2-4,9-12H2,1H3,(H,20,22);(H,6,7)/t16-,17+,18-;/m1./s1. The van der Waals surface area contributed by atoms with Crippen LogP contribution in [0.5, 0.6) is 5.75 Å². The minimum Gasteiger partial charge on any atom is -0.497 e. The molecule has 3 atom stereocenters. The van der Waals surface area contributed by atoms with Crippen LogP contribution in [0.25, 0.3) is 0 Å². The maximum atomic E-state index is 12.5. The first-order valence-corrected chi connectivity index (χ1v) is 10.3. The van der Waals surface area contributed by atoms with Gasteiger partial charge in [0.25, 0.3) is 0 Å². The highest BCUT2D eigenvalue weighted by Gasteiger charge is 2.45. The molecule has 3 aliphatic rings. The predicted octanol–water partition coefficient (Wildman–Crippen LogP) is 2.59. The number of hydrogen-bond acceptors (Lipinski definition) is 5. The fraction of sp³-hybridized carbons (Fsp3) is 0.619. The predicted molar refractivity (Wildman–Crippen MR) is 105 cm³/mol. The lowest BCUT2D eigenvalue weighted by molar-refractivity contribution is -0.192. The van der Waals surface area contributed by atoms with E-state index >= 15 is 0 Å². The van der Waals surface area contributed by atoms with E-state index in [4.69, 9.17) is 19.4 Å². The van der Waals surface area contributed by atoms with Gasteiger partial charge in [-0.15, -0.1) is 0 Å². The summed E-state index contributed by atoms with van der Waals surface area (Å²) in [4.78, 5) is 23.8. The van der Waals surface area contributed by atoms with E-state index in [1.54, 1.807) is 7.11 Å². The van der Waals surface area contributed by atoms with Gasteiger partial charge in [0.1, 0.15) is 5.75 Å². The Morgan fingerprint density at radius 1 is 1.23 bits per heavy atom. The molecule has 10 heteroatoms. The van der Waals surface area contributed by atoms with Crippen molar-refractivity contribution in [3.63, 3.8) is 0 Å². The van der Waals surface area contributed by atoms with Crippen LogP contribution in [0.15, 0.2) is 24.3 Å². The monoisotopic (exact) mass is 444 g/mol. The number of fused-ring (bicyclic) bond motifs is 2. The zero-order chi connectivity index (χ0) is 22.6. The van der Waals surface area contributed by atoms with Gasteiger partial charge in [-0.2, -0.15) is 13.2 Å². The molecule has 2 N–H and O–H groups in total. The second-order valence-corrected chi connectivity index (χ2v) is 8.12. The van der Waals surface area contributed by atoms with E-state index < -0.39 is 12.1 Å². The summed E-state index contributed by atoms with van der Waals surface area (Å²) in [5.74, 6) is -1.64. The third-order valence-corrected chi connectivity index (χ3v) is 5.83. The zero-order valence-corrected chi connectivity index (χ0v) is 17.2. The molecule has 1 saturated carbocycles. The topological polar surface area (TPSA) is 88.1 Å². The number of alkyl halides is 3. The third-order valence-electron chi connectivity index (χ3n) is 5.83. The first-order chi connectivity index (χ1) is 14.7. The van der Waals surface area contributed by atoms with Crippen LogP contribution in [0.4, 0.5) is 13.2 Å². The summed E-state index contributed by atoms with van der Waals surface area (Å²) in [5.41, 5.74) is 1.27. The first kappa shape index (κ1) is 23.3. The van der Waals surface area contributed by atoms with Gasteiger partial charge < -0.3 is 19.9 Å². The summed E-state index contributed by atoms with van der Waals surface area (Å²) in [6.07, 6.45) is -0.467. The van der Waals surface area contributed by atoms with Gasteiger partial charge in [0.05, 0.1) is 25.2 Å². The highest BCUT2D eigenvalue weighted by Crippen LogP contribution is 2.33. The normalized spacial score (nSPS) is 25.7. The summed E-state index contributed by atoms with van der Waals surface area (Å²) in [7, 11) is 1.68. The van der Waals surface area contributed by atoms with Crippen LogP contribution >= 0.6 is 0 Å². The Hall–Kier alpha value is -2.33. The van der Waals surface area contributed by atoms with E-state index in [1.165, 1.54) is 12.0 Å². The number of likely N-dealkylation sites (tertiary alicyclic amines) is 1. The van der Waals surface area contributed by atoms with Crippen molar-refractivity contribution in [2.45, 2.75) is 56.7 Å². The van der Waals surface area contributed by atoms with Crippen LogP contribution in [0, 0.1) is 5.92 Å². The van der Waals surface area contributed by atoms with Crippen LogP contribution in [0.3, 0.4) is 0 Å². The summed E-state index contributed by atoms with van der Waals surface area (Å²) < 4.78 is 43.0. The lowest BCUT2D eigenvalue weighted by Crippen LogP contribution is -2.47. The van der Waals surface area contributed by atoms with Crippen LogP contribution in [-0.4, -0.2) is 66.5 Å². The number of carbonyl (C=O) groups is 2. The van der Waals surface area contributed by atoms with Gasteiger partial charge in [0, 0.05) is 25.7 Å². The molecule has 0 radical (unpaired) electrons. The Kier molecular flexibility index (Phi) is 7.42. The Labute approximate surface area is 178 Å². The van der Waals surface area contributed by atoms with Gasteiger partial charge >= 0.3 is 12.1 Å². The first-order valence-electron chi connectivity index (χ1n) is 10.3. The number of benzene rings is 1. The van der Waals surface area contributed by atoms with Crippen molar-refractivity contribution in [1.29, 1.82) is 0 Å². The molecule has 2 aliphatic heterocycles. The van der Waals surface area contributed by atoms with Crippen LogP contribution in [-0.2, 0) is 20.9 Å². The molecular weight excluding hydrogens is 417 g/mol. The second-order valence-electron chi connectivity index (χ2n) is 8.12. The molecule has 31 heavy (non-hydrogen) atoms. The highest BCUT2D eigenvalue weighted by atomic mass is 19.4. The third kappa shape index (κ3) is 6.33. The smallest absolute Gasteiger partial charge is 0.490 e. The van der Waals surface area contributed by atoms with E-state index in [0.29, 0.717) is 6.04 Å². The molecule has 2 saturated heterocycles. The molecule has 1 aliphatic carbocycles. The molecule has 0 unspecified atom stereocenters. The molecule has 1 aromatic rings. The van der Waals surface area contributed by atoms with Gasteiger partial charge in [0.2, 0.25) is 5.91 Å². The number of carboxylic acid groups (broad SMARTS) is 1. The Morgan fingerprint density at radius 2 is 1.87 bits per heavy atom. The fourth-order valence-electron chi connectivity index (χ4n) is 3.99. The second kappa shape index (κ2) is 9.86. The summed E-state index contributed by atoms with van der Waals surface area (Å²) in [6.45, 7) is 2.65. The number of methoxy groups -OCH3 is 1. The van der Waals surface area contributed by atoms with E-state index in [-0.39, 0.29) is 24.0 Å². The Bertz CT molecular complexity index is 767. The van der Waals surface area contributed by atoms with Crippen molar-refractivity contribution in [3.8, 4) is 5.75 Å². The van der Waals surface area contributed by atoms with Crippen LogP contribution in [0.2, 0.25) is 0 Å². The summed E-state index contributed by atoms with van der Waals surface area (Å²) in [6, 6.07) is 8.63. The number of carboxylic acids is 1. The summed E-state index contributed by atoms with van der Waals surface area (Å²) >= 11 is 0. The largest absolute Gasteiger partial charge is 0.497 e. The molecule has 2 heterocycles. The highest BCUT2D eigenvalue weighted by molar-refractivity contribution is 5.80. The minimum atomic E-state index is -5.08. The Morgan fingerprint density at radius 3 is 2.39 bits per heavy atom. The maximum absolute atomic E-state index is 12.5. The summed E-state index contributed by atoms with van der Waals surface area (Å²) in [5, 5.41) is 10.3. The van der Waals surface area contributed by atoms with Crippen molar-refractivity contribution in [3.05, 3.63) is 29.8 Å². The lowest BCUT2D eigenvalue weighted by Gasteiger charge is -2.33. The molecule has 172 valence electrons. The molecule has 1 amide bonds. The average molecular weight is 444 g/mol. The fourth-order valence-corrected chi connectivity index (χ4v) is 3.99. The average Bonchev–Trinajstić information content (AvgIpc) is 2.99. The SMILES string of the molecule is COc1ccc(CN2C[C@H]3C[C@H](C(=O)NC4CCC4)[C@@H](C2)O3)cc1.O=C(O)C(F)(F)F. The van der Waals surface area contributed by atoms with Gasteiger partial charge in [0.15, 0.2) is 0 Å². The van der Waals surface area contributed by atoms with Crippen LogP contribution < -0.4 is 10.1 Å². The molecule has 3 fully saturated rings. The number of nitrogens with zero attached hydrogens (tertiary/aromatic N) is 1. The van der Waals surface area contributed by atoms with E-state index in [9.17, 15) is 18.0 Å². The number of aliphatic carboxylic acids is 1. The number of halogens is 3. The van der Waals surface area contributed by atoms with Crippen molar-refractivity contribution in [2.75, 3.05) is 20.2 Å². The van der Waals surface area contributed by atoms with Crippen molar-refractivity contribution < 1.29 is 37.3 Å². The number of nitrogens with one attached hydrogen (secondary N) is 1. The molecular formula is C21H27F3N2O5. The van der Waals surface area contributed by atoms with Gasteiger partial charge in [-0.3, -0.25) is 9.69 Å². The van der Waals surface area contributed by atoms with E-state index in [1.807, 2.05) is 12.1 Å². The number of rotatable bonds is 5. The number of carbonyl (C=O) groups excluding carboxylic acids is 1. The van der Waals surface area contributed by atoms with E-state index in [2.05, 4.69) is 22.3 Å². The minimum absolute atomic E-state index is 0.0245. The molecule has 1 aromatic carbocycles. The maximum Gasteiger partial charge on any atom is 0.490 e. The number of amides is 1. The molecule has 4 rings (SSSR count). The van der Waals surface area contributed by atoms with Gasteiger partial charge in [-0.25, -0.2) is 4.79 Å². The van der Waals surface area contributed by atoms with Crippen molar-refractivity contribution in [1.82, 2.24) is 10.2 Å². The number of ether oxygens (including phenoxy) is 2. The lowest BCUT2D eigenvalue weighted by atomic mass is 9.91. The van der Waals surface area contributed by atoms with E-state index in [0.717, 1.165) is 44.6 Å². The number of morpholine rings is 1. The van der Waals surface area contributed by atoms with Gasteiger partial charge in [-0.1, -0.05) is 12.1 Å². The Balaban J connectivity index is 0.000000339. The van der Waals surface area contributed by atoms with Crippen molar-refractivity contribution >= 4 is 11.9 Å². The molecule has 7 nitrogen and oxygen atoms in total. The van der Waals surface area contributed by atoms with Gasteiger partial charge in [-0.05, 0) is 43.4 Å². The quantitative estimate of drug-likeness (QED) is 0.726. The molecule has 2 bridgehead atoms. The molecule has 0 spiro atoms. The number of hydrogen-bond donors (Lipinski definition) is 2. The zero-order valence-electron chi connectivity index (χ0n) is 17.2. The van der Waals surface area contributed by atoms with Crippen molar-refractivity contribution in [2.24, 2.45) is 5.92 Å². The van der Waals surface area contributed by atoms with Crippen LogP contribution in [0.1, 0.15) is 31.2 Å².